The summed E-state index contributed by atoms with van der Waals surface area (Å²) in [6, 6.07) is 2.44. The first-order valence-electron chi connectivity index (χ1n) is 5.44. The van der Waals surface area contributed by atoms with E-state index in [1.54, 1.807) is 0 Å². The molecule has 1 saturated carbocycles. The molecule has 0 aromatic heterocycles. The maximum Gasteiger partial charge on any atom is 0.141 e. The van der Waals surface area contributed by atoms with Crippen LogP contribution in [0.3, 0.4) is 0 Å². The molecule has 1 aromatic rings. The fourth-order valence-corrected chi connectivity index (χ4v) is 3.01. The third-order valence-corrected chi connectivity index (χ3v) is 4.09. The number of halogens is 3. The van der Waals surface area contributed by atoms with E-state index in [2.05, 4.69) is 15.9 Å². The highest BCUT2D eigenvalue weighted by molar-refractivity contribution is 9.10. The molecule has 1 fully saturated rings. The molecule has 1 nitrogen and oxygen atoms in total. The van der Waals surface area contributed by atoms with Crippen LogP contribution in [0.4, 0.5) is 8.78 Å². The topological polar surface area (TPSA) is 26.0 Å². The van der Waals surface area contributed by atoms with Crippen molar-refractivity contribution in [2.45, 2.75) is 31.1 Å². The summed E-state index contributed by atoms with van der Waals surface area (Å²) >= 11 is 3.04. The molecule has 0 amide bonds. The minimum absolute atomic E-state index is 0.183. The van der Waals surface area contributed by atoms with Gasteiger partial charge in [-0.05, 0) is 46.5 Å². The van der Waals surface area contributed by atoms with Gasteiger partial charge in [0.25, 0.3) is 0 Å². The number of rotatable bonds is 2. The summed E-state index contributed by atoms with van der Waals surface area (Å²) in [6.45, 7) is 0.375. The third-order valence-electron chi connectivity index (χ3n) is 3.52. The van der Waals surface area contributed by atoms with Gasteiger partial charge in [-0.15, -0.1) is 0 Å². The smallest absolute Gasteiger partial charge is 0.141 e. The zero-order valence-corrected chi connectivity index (χ0v) is 10.5. The second-order valence-electron chi connectivity index (χ2n) is 4.44. The summed E-state index contributed by atoms with van der Waals surface area (Å²) in [5.74, 6) is -0.781. The Hall–Kier alpha value is -0.480. The quantitative estimate of drug-likeness (QED) is 0.829. The van der Waals surface area contributed by atoms with E-state index in [4.69, 9.17) is 5.73 Å². The average molecular weight is 290 g/mol. The molecule has 1 aromatic carbocycles. The van der Waals surface area contributed by atoms with Crippen LogP contribution >= 0.6 is 15.9 Å². The van der Waals surface area contributed by atoms with Gasteiger partial charge < -0.3 is 5.73 Å². The van der Waals surface area contributed by atoms with Gasteiger partial charge in [0.2, 0.25) is 0 Å². The summed E-state index contributed by atoms with van der Waals surface area (Å²) in [4.78, 5) is 0. The maximum absolute atomic E-state index is 14.0. The monoisotopic (exact) mass is 289 g/mol. The molecule has 0 radical (unpaired) electrons. The molecule has 0 bridgehead atoms. The fourth-order valence-electron chi connectivity index (χ4n) is 2.58. The molecule has 0 unspecified atom stereocenters. The van der Waals surface area contributed by atoms with Crippen LogP contribution in [0, 0.1) is 11.6 Å². The number of hydrogen-bond acceptors (Lipinski definition) is 1. The highest BCUT2D eigenvalue weighted by atomic mass is 79.9. The van der Waals surface area contributed by atoms with Crippen molar-refractivity contribution in [3.05, 3.63) is 33.8 Å². The van der Waals surface area contributed by atoms with Crippen molar-refractivity contribution in [1.29, 1.82) is 0 Å². The standard InChI is InChI=1S/C12H14BrF2N/c13-10-6-8(14)5-9(11(10)15)12(7-16)3-1-2-4-12/h5-6H,1-4,7,16H2. The molecule has 4 heteroatoms. The van der Waals surface area contributed by atoms with E-state index in [1.807, 2.05) is 0 Å². The van der Waals surface area contributed by atoms with Crippen LogP contribution in [0.2, 0.25) is 0 Å². The van der Waals surface area contributed by atoms with Crippen molar-refractivity contribution in [2.24, 2.45) is 5.73 Å². The minimum Gasteiger partial charge on any atom is -0.330 e. The Labute approximate surface area is 102 Å². The van der Waals surface area contributed by atoms with Gasteiger partial charge >= 0.3 is 0 Å². The van der Waals surface area contributed by atoms with Crippen molar-refractivity contribution in [3.63, 3.8) is 0 Å². The predicted molar refractivity (Wildman–Crippen MR) is 63.3 cm³/mol. The van der Waals surface area contributed by atoms with Gasteiger partial charge in [-0.1, -0.05) is 12.8 Å². The van der Waals surface area contributed by atoms with Gasteiger partial charge in [-0.25, -0.2) is 8.78 Å². The lowest BCUT2D eigenvalue weighted by molar-refractivity contribution is 0.421. The van der Waals surface area contributed by atoms with E-state index in [9.17, 15) is 8.78 Å². The van der Waals surface area contributed by atoms with Gasteiger partial charge in [0, 0.05) is 12.0 Å². The van der Waals surface area contributed by atoms with Crippen molar-refractivity contribution < 1.29 is 8.78 Å². The number of benzene rings is 1. The van der Waals surface area contributed by atoms with Gasteiger partial charge in [0.15, 0.2) is 0 Å². The summed E-state index contributed by atoms with van der Waals surface area (Å²) in [6.07, 6.45) is 3.75. The first kappa shape index (κ1) is 12.0. The first-order chi connectivity index (χ1) is 7.59. The molecule has 16 heavy (non-hydrogen) atoms. The Bertz CT molecular complexity index is 400. The highest BCUT2D eigenvalue weighted by Gasteiger charge is 2.37. The molecule has 0 atom stereocenters. The second-order valence-corrected chi connectivity index (χ2v) is 5.30. The van der Waals surface area contributed by atoms with Crippen LogP contribution in [0.25, 0.3) is 0 Å². The Morgan fingerprint density at radius 3 is 2.44 bits per heavy atom. The Morgan fingerprint density at radius 1 is 1.25 bits per heavy atom. The zero-order chi connectivity index (χ0) is 11.8. The Kier molecular flexibility index (Phi) is 3.31. The van der Waals surface area contributed by atoms with E-state index in [-0.39, 0.29) is 15.7 Å². The van der Waals surface area contributed by atoms with Crippen molar-refractivity contribution in [2.75, 3.05) is 6.54 Å². The van der Waals surface area contributed by atoms with Crippen LogP contribution in [-0.4, -0.2) is 6.54 Å². The van der Waals surface area contributed by atoms with Crippen LogP contribution in [0.1, 0.15) is 31.2 Å². The first-order valence-corrected chi connectivity index (χ1v) is 6.23. The predicted octanol–water partition coefficient (Wildman–Crippen LogP) is 3.50. The van der Waals surface area contributed by atoms with Crippen LogP contribution in [0.15, 0.2) is 16.6 Å². The van der Waals surface area contributed by atoms with Crippen LogP contribution in [0.5, 0.6) is 0 Å². The van der Waals surface area contributed by atoms with Gasteiger partial charge in [-0.3, -0.25) is 0 Å². The lowest BCUT2D eigenvalue weighted by atomic mass is 9.78. The molecular formula is C12H14BrF2N. The lowest BCUT2D eigenvalue weighted by Crippen LogP contribution is -2.33. The third kappa shape index (κ3) is 1.89. The molecule has 2 N–H and O–H groups in total. The summed E-state index contributed by atoms with van der Waals surface area (Å²) < 4.78 is 27.5. The van der Waals surface area contributed by atoms with Crippen molar-refractivity contribution in [1.82, 2.24) is 0 Å². The van der Waals surface area contributed by atoms with Gasteiger partial charge in [0.05, 0.1) is 4.47 Å². The van der Waals surface area contributed by atoms with Gasteiger partial charge in [0.1, 0.15) is 11.6 Å². The van der Waals surface area contributed by atoms with Crippen molar-refractivity contribution in [3.8, 4) is 0 Å². The molecule has 88 valence electrons. The molecule has 2 rings (SSSR count). The molecular weight excluding hydrogens is 276 g/mol. The minimum atomic E-state index is -0.414. The highest BCUT2D eigenvalue weighted by Crippen LogP contribution is 2.42. The molecule has 0 spiro atoms. The Balaban J connectivity index is 2.53. The summed E-state index contributed by atoms with van der Waals surface area (Å²) in [5.41, 5.74) is 5.83. The Morgan fingerprint density at radius 2 is 1.88 bits per heavy atom. The molecule has 0 heterocycles. The number of nitrogens with two attached hydrogens (primary N) is 1. The summed E-state index contributed by atoms with van der Waals surface area (Å²) in [5, 5.41) is 0. The SMILES string of the molecule is NCC1(c2cc(F)cc(Br)c2F)CCCC1. The molecule has 1 aliphatic carbocycles. The fraction of sp³-hybridized carbons (Fsp3) is 0.500. The molecule has 0 saturated heterocycles. The van der Waals surface area contributed by atoms with Crippen molar-refractivity contribution >= 4 is 15.9 Å². The normalized spacial score (nSPS) is 19.0. The van der Waals surface area contributed by atoms with E-state index >= 15 is 0 Å². The molecule has 0 aliphatic heterocycles. The van der Waals surface area contributed by atoms with E-state index in [0.717, 1.165) is 31.7 Å². The lowest BCUT2D eigenvalue weighted by Gasteiger charge is -2.28. The molecule has 1 aliphatic rings. The summed E-state index contributed by atoms with van der Waals surface area (Å²) in [7, 11) is 0. The number of hydrogen-bond donors (Lipinski definition) is 1. The largest absolute Gasteiger partial charge is 0.330 e. The second kappa shape index (κ2) is 4.41. The van der Waals surface area contributed by atoms with Crippen LogP contribution in [-0.2, 0) is 5.41 Å². The van der Waals surface area contributed by atoms with Gasteiger partial charge in [-0.2, -0.15) is 0 Å². The maximum atomic E-state index is 14.0. The van der Waals surface area contributed by atoms with Crippen LogP contribution < -0.4 is 5.73 Å². The average Bonchev–Trinajstić information content (AvgIpc) is 2.73. The van der Waals surface area contributed by atoms with E-state index < -0.39 is 5.82 Å². The zero-order valence-electron chi connectivity index (χ0n) is 8.90. The van der Waals surface area contributed by atoms with E-state index in [0.29, 0.717) is 12.1 Å². The van der Waals surface area contributed by atoms with E-state index in [1.165, 1.54) is 6.07 Å².